The summed E-state index contributed by atoms with van der Waals surface area (Å²) >= 11 is 0. The Morgan fingerprint density at radius 3 is 2.00 bits per heavy atom. The van der Waals surface area contributed by atoms with Crippen LogP contribution in [-0.4, -0.2) is 0 Å². The van der Waals surface area contributed by atoms with E-state index in [2.05, 4.69) is 68.8 Å². The summed E-state index contributed by atoms with van der Waals surface area (Å²) in [5.74, 6) is 0. The molecule has 0 atom stereocenters. The van der Waals surface area contributed by atoms with Crippen molar-refractivity contribution in [1.29, 1.82) is 0 Å². The number of aryl methyl sites for hydroxylation is 3. The van der Waals surface area contributed by atoms with Gasteiger partial charge in [-0.2, -0.15) is 0 Å². The molecule has 0 aromatic heterocycles. The third-order valence-corrected chi connectivity index (χ3v) is 3.73. The Hall–Kier alpha value is -1.56. The number of unbranched alkanes of at least 4 members (excludes halogenated alkanes) is 1. The van der Waals surface area contributed by atoms with Crippen LogP contribution in [0.5, 0.6) is 0 Å². The van der Waals surface area contributed by atoms with Gasteiger partial charge in [-0.25, -0.2) is 0 Å². The highest BCUT2D eigenvalue weighted by atomic mass is 14.0. The molecule has 0 N–H and O–H groups in total. The zero-order valence-corrected chi connectivity index (χ0v) is 12.7. The molecule has 2 aromatic carbocycles. The minimum absolute atomic E-state index is 1.11. The van der Waals surface area contributed by atoms with Gasteiger partial charge in [0, 0.05) is 0 Å². The smallest absolute Gasteiger partial charge is 0.00898 e. The lowest BCUT2D eigenvalue weighted by Gasteiger charge is -2.05. The largest absolute Gasteiger partial charge is 0.0654 e. The molecule has 0 fully saturated rings. The zero-order chi connectivity index (χ0) is 14.2. The van der Waals surface area contributed by atoms with E-state index in [9.17, 15) is 0 Å². The van der Waals surface area contributed by atoms with Crippen LogP contribution in [0.25, 0.3) is 0 Å². The molecule has 0 spiro atoms. The van der Waals surface area contributed by atoms with Crippen molar-refractivity contribution in [2.75, 3.05) is 0 Å². The molecule has 2 rings (SSSR count). The maximum Gasteiger partial charge on any atom is -0.00898 e. The van der Waals surface area contributed by atoms with Crippen molar-refractivity contribution in [3.8, 4) is 0 Å². The van der Waals surface area contributed by atoms with Crippen molar-refractivity contribution >= 4 is 0 Å². The number of hydrogen-bond acceptors (Lipinski definition) is 0. The molecule has 105 valence electrons. The van der Waals surface area contributed by atoms with Crippen LogP contribution < -0.4 is 0 Å². The Balaban J connectivity index is 1.77. The highest BCUT2D eigenvalue weighted by Gasteiger charge is 1.97. The average Bonchev–Trinajstić information content (AvgIpc) is 2.48. The molecule has 0 heterocycles. The Morgan fingerprint density at radius 1 is 0.800 bits per heavy atom. The highest BCUT2D eigenvalue weighted by Crippen LogP contribution is 2.13. The molecule has 20 heavy (non-hydrogen) atoms. The lowest BCUT2D eigenvalue weighted by atomic mass is 10.0. The molecule has 0 nitrogen and oxygen atoms in total. The van der Waals surface area contributed by atoms with Crippen LogP contribution in [-0.2, 0) is 12.8 Å². The summed E-state index contributed by atoms with van der Waals surface area (Å²) in [6.45, 7) is 4.37. The fraction of sp³-hybridized carbons (Fsp3) is 0.350. The first-order valence-electron chi connectivity index (χ1n) is 7.75. The summed E-state index contributed by atoms with van der Waals surface area (Å²) in [6, 6.07) is 17.9. The number of benzene rings is 2. The van der Waals surface area contributed by atoms with E-state index in [1.54, 1.807) is 0 Å². The van der Waals surface area contributed by atoms with E-state index in [-0.39, 0.29) is 0 Å². The summed E-state index contributed by atoms with van der Waals surface area (Å²) in [5.41, 5.74) is 5.56. The number of rotatable bonds is 7. The van der Waals surface area contributed by atoms with E-state index in [0.717, 1.165) is 12.8 Å². The molecule has 1 radical (unpaired) electrons. The molecule has 0 saturated carbocycles. The molecule has 0 aliphatic rings. The van der Waals surface area contributed by atoms with Gasteiger partial charge in [0.15, 0.2) is 0 Å². The van der Waals surface area contributed by atoms with Gasteiger partial charge >= 0.3 is 0 Å². The molecular weight excluding hydrogens is 240 g/mol. The second-order valence-corrected chi connectivity index (χ2v) is 5.57. The molecule has 0 amide bonds. The van der Waals surface area contributed by atoms with Crippen molar-refractivity contribution in [3.63, 3.8) is 0 Å². The standard InChI is InChI=1S/C20H25/c1-3-4-6-18-13-15-20(16-14-18)8-5-7-19-11-9-17(2)10-12-19/h7,9-16H,3-6,8H2,1-2H3. The van der Waals surface area contributed by atoms with Gasteiger partial charge in [0.1, 0.15) is 0 Å². The normalized spacial score (nSPS) is 10.7. The first-order chi connectivity index (χ1) is 9.78. The predicted octanol–water partition coefficient (Wildman–Crippen LogP) is 5.52. The second-order valence-electron chi connectivity index (χ2n) is 5.57. The van der Waals surface area contributed by atoms with Crippen molar-refractivity contribution in [2.45, 2.75) is 46.0 Å². The molecular formula is C20H25. The molecule has 0 aliphatic heterocycles. The minimum Gasteiger partial charge on any atom is -0.0654 e. The van der Waals surface area contributed by atoms with Crippen molar-refractivity contribution < 1.29 is 0 Å². The van der Waals surface area contributed by atoms with Crippen LogP contribution in [0.2, 0.25) is 0 Å². The van der Waals surface area contributed by atoms with Gasteiger partial charge in [0.05, 0.1) is 0 Å². The van der Waals surface area contributed by atoms with E-state index in [1.807, 2.05) is 0 Å². The van der Waals surface area contributed by atoms with Crippen LogP contribution >= 0.6 is 0 Å². The third kappa shape index (κ3) is 4.85. The summed E-state index contributed by atoms with van der Waals surface area (Å²) < 4.78 is 0. The van der Waals surface area contributed by atoms with Gasteiger partial charge in [-0.3, -0.25) is 0 Å². The zero-order valence-electron chi connectivity index (χ0n) is 12.7. The minimum atomic E-state index is 1.11. The average molecular weight is 265 g/mol. The van der Waals surface area contributed by atoms with E-state index in [1.165, 1.54) is 41.5 Å². The molecule has 0 aliphatic carbocycles. The molecule has 0 saturated heterocycles. The first kappa shape index (κ1) is 14.8. The van der Waals surface area contributed by atoms with E-state index in [4.69, 9.17) is 0 Å². The molecule has 0 unspecified atom stereocenters. The van der Waals surface area contributed by atoms with Gasteiger partial charge < -0.3 is 0 Å². The van der Waals surface area contributed by atoms with Crippen molar-refractivity contribution in [2.24, 2.45) is 0 Å². The topological polar surface area (TPSA) is 0 Å². The van der Waals surface area contributed by atoms with Gasteiger partial charge in [-0.1, -0.05) is 67.4 Å². The fourth-order valence-electron chi connectivity index (χ4n) is 2.36. The summed E-state index contributed by atoms with van der Waals surface area (Å²) in [5, 5.41) is 0. The summed E-state index contributed by atoms with van der Waals surface area (Å²) in [6.07, 6.45) is 8.34. The van der Waals surface area contributed by atoms with Gasteiger partial charge in [0.25, 0.3) is 0 Å². The monoisotopic (exact) mass is 265 g/mol. The summed E-state index contributed by atoms with van der Waals surface area (Å²) in [4.78, 5) is 0. The predicted molar refractivity (Wildman–Crippen MR) is 88.0 cm³/mol. The lowest BCUT2D eigenvalue weighted by Crippen LogP contribution is -1.90. The highest BCUT2D eigenvalue weighted by molar-refractivity contribution is 5.28. The van der Waals surface area contributed by atoms with E-state index >= 15 is 0 Å². The lowest BCUT2D eigenvalue weighted by molar-refractivity contribution is 0.794. The third-order valence-electron chi connectivity index (χ3n) is 3.73. The van der Waals surface area contributed by atoms with Gasteiger partial charge in [0.2, 0.25) is 0 Å². The Labute approximate surface area is 123 Å². The number of hydrogen-bond donors (Lipinski definition) is 0. The summed E-state index contributed by atoms with van der Waals surface area (Å²) in [7, 11) is 0. The first-order valence-corrected chi connectivity index (χ1v) is 7.75. The van der Waals surface area contributed by atoms with Crippen LogP contribution in [0.1, 0.15) is 48.4 Å². The Morgan fingerprint density at radius 2 is 1.40 bits per heavy atom. The second kappa shape index (κ2) is 7.89. The van der Waals surface area contributed by atoms with E-state index < -0.39 is 0 Å². The van der Waals surface area contributed by atoms with Gasteiger partial charge in [-0.05, 0) is 55.7 Å². The molecule has 0 heteroatoms. The quantitative estimate of drug-likeness (QED) is 0.618. The molecule has 2 aromatic rings. The fourth-order valence-corrected chi connectivity index (χ4v) is 2.36. The Bertz CT molecular complexity index is 491. The van der Waals surface area contributed by atoms with Crippen LogP contribution in [0.4, 0.5) is 0 Å². The maximum absolute atomic E-state index is 2.32. The van der Waals surface area contributed by atoms with Crippen LogP contribution in [0.3, 0.4) is 0 Å². The Kier molecular flexibility index (Phi) is 5.86. The van der Waals surface area contributed by atoms with E-state index in [0.29, 0.717) is 0 Å². The van der Waals surface area contributed by atoms with Gasteiger partial charge in [-0.15, -0.1) is 0 Å². The maximum atomic E-state index is 2.32. The van der Waals surface area contributed by atoms with Crippen molar-refractivity contribution in [1.82, 2.24) is 0 Å². The van der Waals surface area contributed by atoms with Crippen LogP contribution in [0, 0.1) is 13.3 Å². The molecule has 0 bridgehead atoms. The van der Waals surface area contributed by atoms with Crippen LogP contribution in [0.15, 0.2) is 48.5 Å². The SMILES string of the molecule is CCCCc1ccc(CC[CH]c2ccc(C)cc2)cc1. The van der Waals surface area contributed by atoms with Crippen molar-refractivity contribution in [3.05, 3.63) is 77.2 Å².